The Kier molecular flexibility index (Phi) is 15.2. The highest BCUT2D eigenvalue weighted by Crippen LogP contribution is 2.06. The first-order chi connectivity index (χ1) is 8.43. The average Bonchev–Trinajstić information content (AvgIpc) is 2.28. The molecule has 0 aliphatic heterocycles. The van der Waals surface area contributed by atoms with Crippen LogP contribution in [0.3, 0.4) is 0 Å². The van der Waals surface area contributed by atoms with Gasteiger partial charge < -0.3 is 15.3 Å². The Morgan fingerprint density at radius 3 is 2.06 bits per heavy atom. The normalized spacial score (nSPS) is 11.3. The number of carboxylic acid groups (broad SMARTS) is 1. The molecule has 0 radical (unpaired) electrons. The van der Waals surface area contributed by atoms with E-state index in [2.05, 4.69) is 6.92 Å². The van der Waals surface area contributed by atoms with Crippen LogP contribution in [0, 0.1) is 0 Å². The largest absolute Gasteiger partial charge is 0.851 e. The van der Waals surface area contributed by atoms with Gasteiger partial charge in [0.15, 0.2) is 0 Å². The molecule has 0 aromatic heterocycles. The van der Waals surface area contributed by atoms with Crippen LogP contribution in [0.5, 0.6) is 0 Å². The first-order valence-corrected chi connectivity index (χ1v) is 6.44. The number of carbonyl (C=O) groups excluding carboxylic acids is 1. The van der Waals surface area contributed by atoms with Gasteiger partial charge in [0.1, 0.15) is 12.2 Å². The summed E-state index contributed by atoms with van der Waals surface area (Å²) >= 11 is 0. The van der Waals surface area contributed by atoms with Gasteiger partial charge in [-0.05, 0) is 6.42 Å². The van der Waals surface area contributed by atoms with Gasteiger partial charge in [-0.3, -0.25) is 9.59 Å². The van der Waals surface area contributed by atoms with E-state index >= 15 is 0 Å². The topological polar surface area (TPSA) is 97.7 Å². The van der Waals surface area contributed by atoms with Crippen molar-refractivity contribution in [2.24, 2.45) is 0 Å². The Labute approximate surface area is 109 Å². The van der Waals surface area contributed by atoms with E-state index in [1.807, 2.05) is 0 Å². The lowest BCUT2D eigenvalue weighted by atomic mass is 10.1. The lowest BCUT2D eigenvalue weighted by Gasteiger charge is -2.08. The summed E-state index contributed by atoms with van der Waals surface area (Å²) in [6.45, 7) is 3.30. The summed E-state index contributed by atoms with van der Waals surface area (Å²) in [7, 11) is 0. The van der Waals surface area contributed by atoms with Crippen molar-refractivity contribution in [3.63, 3.8) is 0 Å². The highest BCUT2D eigenvalue weighted by Gasteiger charge is 2.06. The zero-order chi connectivity index (χ0) is 14.4. The summed E-state index contributed by atoms with van der Waals surface area (Å²) in [4.78, 5) is 21.0. The molecule has 1 atom stereocenters. The zero-order valence-corrected chi connectivity index (χ0v) is 11.4. The van der Waals surface area contributed by atoms with E-state index in [1.165, 1.54) is 19.8 Å². The Morgan fingerprint density at radius 1 is 1.17 bits per heavy atom. The predicted octanol–water partition coefficient (Wildman–Crippen LogP) is 1.12. The molecule has 0 amide bonds. The average molecular weight is 261 g/mol. The third-order valence-corrected chi connectivity index (χ3v) is 2.16. The van der Waals surface area contributed by atoms with Gasteiger partial charge in [0, 0.05) is 13.0 Å². The van der Waals surface area contributed by atoms with Crippen molar-refractivity contribution in [2.75, 3.05) is 6.61 Å². The van der Waals surface area contributed by atoms with E-state index in [-0.39, 0.29) is 18.8 Å². The molecule has 0 aliphatic carbocycles. The van der Waals surface area contributed by atoms with Crippen molar-refractivity contribution in [3.05, 3.63) is 0 Å². The van der Waals surface area contributed by atoms with Crippen LogP contribution in [0.2, 0.25) is 0 Å². The molecular weight excluding hydrogens is 236 g/mol. The van der Waals surface area contributed by atoms with Gasteiger partial charge in [-0.1, -0.05) is 39.5 Å². The maximum absolute atomic E-state index is 10.9. The molecule has 0 spiro atoms. The maximum atomic E-state index is 10.9. The minimum absolute atomic E-state index is 0.149. The van der Waals surface area contributed by atoms with Crippen molar-refractivity contribution in [3.8, 4) is 0 Å². The van der Waals surface area contributed by atoms with Gasteiger partial charge >= 0.3 is 5.97 Å². The summed E-state index contributed by atoms with van der Waals surface area (Å²) in [5, 5.41) is 25.8. The smallest absolute Gasteiger partial charge is 0.310 e. The van der Waals surface area contributed by atoms with Crippen LogP contribution in [0.1, 0.15) is 58.8 Å². The minimum atomic E-state index is -1.02. The first kappa shape index (κ1) is 19.4. The van der Waals surface area contributed by atoms with Crippen molar-refractivity contribution < 1.29 is 24.9 Å². The lowest BCUT2D eigenvalue weighted by Crippen LogP contribution is -2.24. The number of aliphatic hydroxyl groups is 1. The summed E-state index contributed by atoms with van der Waals surface area (Å²) in [6.07, 6.45) is 4.72. The molecule has 18 heavy (non-hydrogen) atoms. The number of rotatable bonds is 9. The van der Waals surface area contributed by atoms with Gasteiger partial charge in [-0.2, -0.15) is 0 Å². The summed E-state index contributed by atoms with van der Waals surface area (Å²) in [5.41, 5.74) is 0. The molecule has 5 nitrogen and oxygen atoms in total. The SMILES string of the molecule is CC([O-])CO.CCCCCCCC(=O)CC(=O)O. The molecular formula is C13H25O5-. The van der Waals surface area contributed by atoms with Crippen LogP contribution in [0.15, 0.2) is 0 Å². The van der Waals surface area contributed by atoms with Crippen molar-refractivity contribution in [1.29, 1.82) is 0 Å². The zero-order valence-electron chi connectivity index (χ0n) is 11.4. The second-order valence-electron chi connectivity index (χ2n) is 4.27. The Morgan fingerprint density at radius 2 is 1.67 bits per heavy atom. The quantitative estimate of drug-likeness (QED) is 0.479. The molecule has 0 aromatic carbocycles. The third kappa shape index (κ3) is 20.5. The fraction of sp³-hybridized carbons (Fsp3) is 0.846. The maximum Gasteiger partial charge on any atom is 0.310 e. The Bertz CT molecular complexity index is 213. The number of unbranched alkanes of at least 4 members (excludes halogenated alkanes) is 4. The van der Waals surface area contributed by atoms with Crippen LogP contribution < -0.4 is 5.11 Å². The summed E-state index contributed by atoms with van der Waals surface area (Å²) in [5.74, 6) is -1.16. The molecule has 0 saturated carbocycles. The van der Waals surface area contributed by atoms with Gasteiger partial charge in [-0.25, -0.2) is 0 Å². The fourth-order valence-electron chi connectivity index (χ4n) is 1.18. The first-order valence-electron chi connectivity index (χ1n) is 6.44. The van der Waals surface area contributed by atoms with Gasteiger partial charge in [0.2, 0.25) is 0 Å². The highest BCUT2D eigenvalue weighted by molar-refractivity contribution is 5.94. The highest BCUT2D eigenvalue weighted by atomic mass is 16.4. The number of carboxylic acids is 1. The molecule has 0 rings (SSSR count). The Balaban J connectivity index is 0. The summed E-state index contributed by atoms with van der Waals surface area (Å²) in [6, 6.07) is 0. The van der Waals surface area contributed by atoms with Crippen LogP contribution in [0.4, 0.5) is 0 Å². The molecule has 108 valence electrons. The van der Waals surface area contributed by atoms with Crippen molar-refractivity contribution in [1.82, 2.24) is 0 Å². The second-order valence-corrected chi connectivity index (χ2v) is 4.27. The second kappa shape index (κ2) is 14.1. The number of carbonyl (C=O) groups is 2. The number of aliphatic hydroxyl groups excluding tert-OH is 1. The van der Waals surface area contributed by atoms with E-state index in [4.69, 9.17) is 10.2 Å². The fourth-order valence-corrected chi connectivity index (χ4v) is 1.18. The predicted molar refractivity (Wildman–Crippen MR) is 67.2 cm³/mol. The molecule has 0 aromatic rings. The van der Waals surface area contributed by atoms with Crippen LogP contribution in [-0.2, 0) is 9.59 Å². The van der Waals surface area contributed by atoms with Crippen LogP contribution >= 0.6 is 0 Å². The lowest BCUT2D eigenvalue weighted by molar-refractivity contribution is -0.419. The summed E-state index contributed by atoms with van der Waals surface area (Å²) < 4.78 is 0. The molecule has 0 heterocycles. The molecule has 0 fully saturated rings. The standard InChI is InChI=1S/C10H18O3.C3H7O2/c1-2-3-4-5-6-7-9(11)8-10(12)13;1-3(5)2-4/h2-8H2,1H3,(H,12,13);3-4H,2H2,1H3/q;-1. The molecule has 0 bridgehead atoms. The minimum Gasteiger partial charge on any atom is -0.851 e. The molecule has 0 saturated heterocycles. The van der Waals surface area contributed by atoms with Crippen molar-refractivity contribution in [2.45, 2.75) is 64.9 Å². The van der Waals surface area contributed by atoms with E-state index in [0.29, 0.717) is 6.42 Å². The number of hydrogen-bond acceptors (Lipinski definition) is 4. The van der Waals surface area contributed by atoms with E-state index < -0.39 is 12.1 Å². The van der Waals surface area contributed by atoms with Crippen molar-refractivity contribution >= 4 is 11.8 Å². The number of ketones is 1. The molecule has 5 heteroatoms. The number of aliphatic carboxylic acids is 1. The number of Topliss-reactive ketones (excluding diaryl/α,β-unsaturated/α-hetero) is 1. The third-order valence-electron chi connectivity index (χ3n) is 2.16. The monoisotopic (exact) mass is 261 g/mol. The molecule has 1 unspecified atom stereocenters. The molecule has 0 aliphatic rings. The van der Waals surface area contributed by atoms with E-state index in [9.17, 15) is 14.7 Å². The Hall–Kier alpha value is -0.940. The van der Waals surface area contributed by atoms with Crippen LogP contribution in [0.25, 0.3) is 0 Å². The van der Waals surface area contributed by atoms with Crippen LogP contribution in [-0.4, -0.2) is 34.7 Å². The molecule has 2 N–H and O–H groups in total. The van der Waals surface area contributed by atoms with Gasteiger partial charge in [0.25, 0.3) is 0 Å². The number of hydrogen-bond donors (Lipinski definition) is 2. The van der Waals surface area contributed by atoms with Gasteiger partial charge in [0.05, 0.1) is 0 Å². The van der Waals surface area contributed by atoms with Gasteiger partial charge in [-0.15, -0.1) is 6.10 Å². The van der Waals surface area contributed by atoms with E-state index in [1.54, 1.807) is 0 Å². The van der Waals surface area contributed by atoms with E-state index in [0.717, 1.165) is 19.3 Å².